The minimum Gasteiger partial charge on any atom is -0.351 e. The van der Waals surface area contributed by atoms with Gasteiger partial charge < -0.3 is 5.32 Å². The maximum absolute atomic E-state index is 14.4. The lowest BCUT2D eigenvalue weighted by Crippen LogP contribution is -2.39. The van der Waals surface area contributed by atoms with Gasteiger partial charge in [0.1, 0.15) is 17.3 Å². The highest BCUT2D eigenvalue weighted by Crippen LogP contribution is 2.34. The summed E-state index contributed by atoms with van der Waals surface area (Å²) in [7, 11) is -8.10. The second kappa shape index (κ2) is 12.0. The third-order valence-corrected chi connectivity index (χ3v) is 8.43. The molecule has 1 heterocycles. The zero-order chi connectivity index (χ0) is 30.8. The maximum atomic E-state index is 14.4. The predicted molar refractivity (Wildman–Crippen MR) is 146 cm³/mol. The molecule has 0 fully saturated rings. The molecule has 0 saturated carbocycles. The van der Waals surface area contributed by atoms with E-state index in [0.717, 1.165) is 28.8 Å². The number of carbonyl (C=O) groups excluding carboxylic acids is 1. The number of nitrogens with one attached hydrogen (secondary N) is 2. The van der Waals surface area contributed by atoms with E-state index >= 15 is 0 Å². The van der Waals surface area contributed by atoms with Crippen LogP contribution in [0.15, 0.2) is 65.6 Å². The average Bonchev–Trinajstić information content (AvgIpc) is 2.87. The van der Waals surface area contributed by atoms with Crippen LogP contribution in [0.5, 0.6) is 0 Å². The van der Waals surface area contributed by atoms with Gasteiger partial charge in [0.2, 0.25) is 15.9 Å². The van der Waals surface area contributed by atoms with Crippen molar-refractivity contribution in [2.45, 2.75) is 50.3 Å². The Morgan fingerprint density at radius 2 is 1.61 bits per heavy atom. The first-order valence-electron chi connectivity index (χ1n) is 12.1. The molecule has 0 aliphatic heterocycles. The summed E-state index contributed by atoms with van der Waals surface area (Å²) in [6.45, 7) is 4.00. The molecule has 9 nitrogen and oxygen atoms in total. The Morgan fingerprint density at radius 3 is 2.15 bits per heavy atom. The summed E-state index contributed by atoms with van der Waals surface area (Å²) in [5, 5.41) is 2.54. The summed E-state index contributed by atoms with van der Waals surface area (Å²) in [5.74, 6) is -3.03. The van der Waals surface area contributed by atoms with Gasteiger partial charge >= 0.3 is 6.18 Å². The van der Waals surface area contributed by atoms with Crippen LogP contribution in [0, 0.1) is 5.82 Å². The van der Waals surface area contributed by atoms with Gasteiger partial charge in [-0.1, -0.05) is 30.3 Å². The van der Waals surface area contributed by atoms with E-state index in [1.54, 1.807) is 6.07 Å². The Hall–Kier alpha value is -3.72. The standard InChI is InChI=1S/C26H28F4N4O5S2/c1-16(2)34(41(38,39)20-8-6-5-7-9-20)24-19(11-13-23(32-24)26(28,29)30)15-31-25(35)17(3)18-10-12-22(21(27)14-18)33-40(4,36)37/h5-14,16-17,33H,15H2,1-4H3,(H,31,35). The molecular weight excluding hydrogens is 588 g/mol. The predicted octanol–water partition coefficient (Wildman–Crippen LogP) is 4.63. The second-order valence-corrected chi connectivity index (χ2v) is 13.0. The van der Waals surface area contributed by atoms with Crippen molar-refractivity contribution in [3.8, 4) is 0 Å². The SMILES string of the molecule is CC(C(=O)NCc1ccc(C(F)(F)F)nc1N(C(C)C)S(=O)(=O)c1ccccc1)c1ccc(NS(C)(=O)=O)c(F)c1. The number of amides is 1. The van der Waals surface area contributed by atoms with Crippen LogP contribution in [0.4, 0.5) is 29.1 Å². The van der Waals surface area contributed by atoms with Gasteiger partial charge in [-0.15, -0.1) is 0 Å². The first kappa shape index (κ1) is 31.8. The van der Waals surface area contributed by atoms with E-state index in [9.17, 15) is 39.2 Å². The number of carbonyl (C=O) groups is 1. The van der Waals surface area contributed by atoms with Crippen LogP contribution in [-0.2, 0) is 37.6 Å². The molecule has 1 atom stereocenters. The van der Waals surface area contributed by atoms with Gasteiger partial charge in [0.25, 0.3) is 10.0 Å². The largest absolute Gasteiger partial charge is 0.433 e. The van der Waals surface area contributed by atoms with E-state index in [1.807, 2.05) is 4.72 Å². The summed E-state index contributed by atoms with van der Waals surface area (Å²) in [6.07, 6.45) is -4.02. The summed E-state index contributed by atoms with van der Waals surface area (Å²) in [5.41, 5.74) is -1.44. The molecule has 1 amide bonds. The van der Waals surface area contributed by atoms with Crippen molar-refractivity contribution < 1.29 is 39.2 Å². The van der Waals surface area contributed by atoms with Crippen LogP contribution < -0.4 is 14.3 Å². The Balaban J connectivity index is 1.95. The zero-order valence-corrected chi connectivity index (χ0v) is 24.0. The van der Waals surface area contributed by atoms with Gasteiger partial charge in [-0.2, -0.15) is 13.2 Å². The van der Waals surface area contributed by atoms with Gasteiger partial charge in [0.15, 0.2) is 0 Å². The Bertz CT molecular complexity index is 1630. The normalized spacial score (nSPS) is 13.1. The van der Waals surface area contributed by atoms with Crippen LogP contribution in [0.2, 0.25) is 0 Å². The van der Waals surface area contributed by atoms with Crippen molar-refractivity contribution in [2.24, 2.45) is 0 Å². The molecule has 2 aromatic carbocycles. The van der Waals surface area contributed by atoms with E-state index in [2.05, 4.69) is 10.3 Å². The molecule has 222 valence electrons. The molecule has 3 rings (SSSR count). The number of hydrogen-bond donors (Lipinski definition) is 2. The molecule has 3 aromatic rings. The lowest BCUT2D eigenvalue weighted by Gasteiger charge is -2.29. The molecular formula is C26H28F4N4O5S2. The number of nitrogens with zero attached hydrogens (tertiary/aromatic N) is 2. The van der Waals surface area contributed by atoms with Crippen LogP contribution in [0.1, 0.15) is 43.5 Å². The van der Waals surface area contributed by atoms with Gasteiger partial charge in [-0.25, -0.2) is 30.5 Å². The van der Waals surface area contributed by atoms with Gasteiger partial charge in [0, 0.05) is 18.2 Å². The molecule has 1 unspecified atom stereocenters. The van der Waals surface area contributed by atoms with Crippen molar-refractivity contribution in [1.29, 1.82) is 0 Å². The summed E-state index contributed by atoms with van der Waals surface area (Å²) in [6, 6.07) is 11.5. The number of hydrogen-bond acceptors (Lipinski definition) is 6. The molecule has 0 aliphatic carbocycles. The molecule has 1 aromatic heterocycles. The van der Waals surface area contributed by atoms with E-state index in [1.165, 1.54) is 51.1 Å². The molecule has 2 N–H and O–H groups in total. The molecule has 0 bridgehead atoms. The first-order chi connectivity index (χ1) is 18.9. The lowest BCUT2D eigenvalue weighted by molar-refractivity contribution is -0.141. The van der Waals surface area contributed by atoms with Crippen molar-refractivity contribution in [3.63, 3.8) is 0 Å². The monoisotopic (exact) mass is 616 g/mol. The highest BCUT2D eigenvalue weighted by Gasteiger charge is 2.36. The van der Waals surface area contributed by atoms with Gasteiger partial charge in [-0.3, -0.25) is 9.52 Å². The van der Waals surface area contributed by atoms with Crippen LogP contribution >= 0.6 is 0 Å². The van der Waals surface area contributed by atoms with Crippen LogP contribution in [0.3, 0.4) is 0 Å². The average molecular weight is 617 g/mol. The zero-order valence-electron chi connectivity index (χ0n) is 22.4. The Kier molecular flexibility index (Phi) is 9.33. The number of alkyl halides is 3. The number of anilines is 2. The fraction of sp³-hybridized carbons (Fsp3) is 0.308. The van der Waals surface area contributed by atoms with E-state index < -0.39 is 68.0 Å². The maximum Gasteiger partial charge on any atom is 0.433 e. The van der Waals surface area contributed by atoms with Crippen molar-refractivity contribution in [3.05, 3.63) is 83.3 Å². The first-order valence-corrected chi connectivity index (χ1v) is 15.5. The molecule has 0 saturated heterocycles. The van der Waals surface area contributed by atoms with E-state index in [0.29, 0.717) is 6.07 Å². The fourth-order valence-electron chi connectivity index (χ4n) is 3.88. The minimum absolute atomic E-state index is 0.00867. The van der Waals surface area contributed by atoms with Gasteiger partial charge in [-0.05, 0) is 56.7 Å². The number of aromatic nitrogens is 1. The smallest absolute Gasteiger partial charge is 0.351 e. The summed E-state index contributed by atoms with van der Waals surface area (Å²) in [4.78, 5) is 16.4. The molecule has 0 radical (unpaired) electrons. The van der Waals surface area contributed by atoms with Crippen LogP contribution in [-0.4, -0.2) is 40.0 Å². The summed E-state index contributed by atoms with van der Waals surface area (Å²) >= 11 is 0. The number of sulfonamides is 2. The fourth-order valence-corrected chi connectivity index (χ4v) is 6.11. The highest BCUT2D eigenvalue weighted by molar-refractivity contribution is 7.93. The Labute approximate surface area is 235 Å². The quantitative estimate of drug-likeness (QED) is 0.320. The number of halogens is 4. The summed E-state index contributed by atoms with van der Waals surface area (Å²) < 4.78 is 108. The number of pyridine rings is 1. The molecule has 15 heteroatoms. The van der Waals surface area contributed by atoms with Crippen molar-refractivity contribution >= 4 is 37.5 Å². The van der Waals surface area contributed by atoms with Crippen molar-refractivity contribution in [1.82, 2.24) is 10.3 Å². The van der Waals surface area contributed by atoms with Crippen molar-refractivity contribution in [2.75, 3.05) is 15.3 Å². The molecule has 0 aliphatic rings. The second-order valence-electron chi connectivity index (χ2n) is 9.44. The topological polar surface area (TPSA) is 126 Å². The molecule has 41 heavy (non-hydrogen) atoms. The van der Waals surface area contributed by atoms with E-state index in [4.69, 9.17) is 0 Å². The Morgan fingerprint density at radius 1 is 0.976 bits per heavy atom. The van der Waals surface area contributed by atoms with Gasteiger partial charge in [0.05, 0.1) is 22.8 Å². The lowest BCUT2D eigenvalue weighted by atomic mass is 9.99. The third kappa shape index (κ3) is 7.73. The minimum atomic E-state index is -4.87. The van der Waals surface area contributed by atoms with E-state index in [-0.39, 0.29) is 21.7 Å². The highest BCUT2D eigenvalue weighted by atomic mass is 32.2. The molecule has 0 spiro atoms. The number of benzene rings is 2. The third-order valence-electron chi connectivity index (χ3n) is 5.86. The van der Waals surface area contributed by atoms with Crippen LogP contribution in [0.25, 0.3) is 0 Å². The number of rotatable bonds is 10.